The van der Waals surface area contributed by atoms with Gasteiger partial charge in [-0.1, -0.05) is 30.3 Å². The number of nitrogens with one attached hydrogen (secondary N) is 2. The molecule has 3 aromatic heterocycles. The van der Waals surface area contributed by atoms with Crippen LogP contribution in [0, 0.1) is 6.92 Å². The quantitative estimate of drug-likeness (QED) is 0.349. The topological polar surface area (TPSA) is 92.9 Å². The second kappa shape index (κ2) is 8.66. The molecule has 9 heteroatoms. The molecule has 0 spiro atoms. The van der Waals surface area contributed by atoms with Crippen molar-refractivity contribution in [3.05, 3.63) is 66.4 Å². The van der Waals surface area contributed by atoms with E-state index >= 15 is 0 Å². The van der Waals surface area contributed by atoms with E-state index in [-0.39, 0.29) is 0 Å². The Hall–Kier alpha value is -3.20. The van der Waals surface area contributed by atoms with Gasteiger partial charge in [-0.2, -0.15) is 14.6 Å². The van der Waals surface area contributed by atoms with Gasteiger partial charge in [0.25, 0.3) is 5.78 Å². The predicted octanol–water partition coefficient (Wildman–Crippen LogP) is 3.04. The highest BCUT2D eigenvalue weighted by molar-refractivity contribution is 7.98. The van der Waals surface area contributed by atoms with Crippen molar-refractivity contribution in [2.75, 3.05) is 23.7 Å². The molecular weight excluding hydrogens is 372 g/mol. The van der Waals surface area contributed by atoms with Gasteiger partial charge in [-0.3, -0.25) is 4.98 Å². The molecule has 0 fully saturated rings. The van der Waals surface area contributed by atoms with Crippen LogP contribution in [0.1, 0.15) is 11.3 Å². The van der Waals surface area contributed by atoms with E-state index in [4.69, 9.17) is 0 Å². The molecule has 0 unspecified atom stereocenters. The normalized spacial score (nSPS) is 10.9. The van der Waals surface area contributed by atoms with Crippen LogP contribution in [0.4, 0.5) is 11.6 Å². The molecular formula is C19H20N8S. The number of aromatic nitrogens is 6. The summed E-state index contributed by atoms with van der Waals surface area (Å²) in [5.41, 5.74) is 2.16. The molecule has 1 aromatic carbocycles. The van der Waals surface area contributed by atoms with Gasteiger partial charge in [-0.15, -0.1) is 11.8 Å². The molecule has 3 heterocycles. The van der Waals surface area contributed by atoms with Gasteiger partial charge in [0.1, 0.15) is 23.0 Å². The summed E-state index contributed by atoms with van der Waals surface area (Å²) >= 11 is 1.67. The maximum atomic E-state index is 4.61. The third-order valence-electron chi connectivity index (χ3n) is 3.96. The Morgan fingerprint density at radius 1 is 1.04 bits per heavy atom. The zero-order chi connectivity index (χ0) is 19.2. The molecule has 142 valence electrons. The smallest absolute Gasteiger partial charge is 0.254 e. The summed E-state index contributed by atoms with van der Waals surface area (Å²) in [5, 5.41) is 11.7. The van der Waals surface area contributed by atoms with Crippen LogP contribution in [0.25, 0.3) is 5.78 Å². The van der Waals surface area contributed by atoms with Crippen LogP contribution >= 0.6 is 11.8 Å². The fourth-order valence-electron chi connectivity index (χ4n) is 2.67. The number of anilines is 2. The summed E-state index contributed by atoms with van der Waals surface area (Å²) in [6.45, 7) is 3.33. The van der Waals surface area contributed by atoms with E-state index in [0.717, 1.165) is 28.1 Å². The lowest BCUT2D eigenvalue weighted by Crippen LogP contribution is -2.16. The zero-order valence-corrected chi connectivity index (χ0v) is 16.2. The standard InChI is InChI=1S/C19H20N8S/c1-14-9-17(27-19(25-14)23-13-24-27)22-8-7-21-16-10-20-11-18(26-16)28-12-15-5-3-2-4-6-15/h2-6,9-11,13,22H,7-8,12H2,1H3,(H,21,26). The molecule has 0 aliphatic carbocycles. The summed E-state index contributed by atoms with van der Waals surface area (Å²) in [6, 6.07) is 12.3. The molecule has 0 aliphatic heterocycles. The molecule has 4 rings (SSSR count). The maximum Gasteiger partial charge on any atom is 0.254 e. The number of thioether (sulfide) groups is 1. The summed E-state index contributed by atoms with van der Waals surface area (Å²) in [5.74, 6) is 3.08. The highest BCUT2D eigenvalue weighted by Crippen LogP contribution is 2.21. The zero-order valence-electron chi connectivity index (χ0n) is 15.4. The Balaban J connectivity index is 1.29. The van der Waals surface area contributed by atoms with Crippen molar-refractivity contribution in [1.29, 1.82) is 0 Å². The number of rotatable bonds is 8. The van der Waals surface area contributed by atoms with Crippen molar-refractivity contribution >= 4 is 29.2 Å². The minimum absolute atomic E-state index is 0.587. The van der Waals surface area contributed by atoms with E-state index in [2.05, 4.69) is 47.8 Å². The van der Waals surface area contributed by atoms with E-state index < -0.39 is 0 Å². The number of nitrogens with zero attached hydrogens (tertiary/aromatic N) is 6. The van der Waals surface area contributed by atoms with Crippen LogP contribution in [-0.2, 0) is 5.75 Å². The van der Waals surface area contributed by atoms with Crippen molar-refractivity contribution in [1.82, 2.24) is 29.5 Å². The van der Waals surface area contributed by atoms with Crippen LogP contribution in [0.5, 0.6) is 0 Å². The lowest BCUT2D eigenvalue weighted by Gasteiger charge is -2.10. The molecule has 0 atom stereocenters. The molecule has 0 radical (unpaired) electrons. The maximum absolute atomic E-state index is 4.61. The Labute approximate surface area is 166 Å². The molecule has 0 saturated carbocycles. The average molecular weight is 392 g/mol. The first kappa shape index (κ1) is 18.2. The lowest BCUT2D eigenvalue weighted by molar-refractivity contribution is 0.912. The van der Waals surface area contributed by atoms with E-state index in [1.165, 1.54) is 11.9 Å². The number of benzene rings is 1. The van der Waals surface area contributed by atoms with Crippen LogP contribution in [0.15, 0.2) is 60.1 Å². The van der Waals surface area contributed by atoms with Gasteiger partial charge in [-0.25, -0.2) is 9.97 Å². The SMILES string of the molecule is Cc1cc(NCCNc2cncc(SCc3ccccc3)n2)n2ncnc2n1. The first-order chi connectivity index (χ1) is 13.8. The lowest BCUT2D eigenvalue weighted by atomic mass is 10.2. The first-order valence-electron chi connectivity index (χ1n) is 8.92. The van der Waals surface area contributed by atoms with E-state index in [1.54, 1.807) is 28.7 Å². The largest absolute Gasteiger partial charge is 0.368 e. The second-order valence-corrected chi connectivity index (χ2v) is 7.12. The molecule has 0 saturated heterocycles. The highest BCUT2D eigenvalue weighted by atomic mass is 32.2. The van der Waals surface area contributed by atoms with E-state index in [9.17, 15) is 0 Å². The number of hydrogen-bond donors (Lipinski definition) is 2. The molecule has 2 N–H and O–H groups in total. The highest BCUT2D eigenvalue weighted by Gasteiger charge is 2.05. The van der Waals surface area contributed by atoms with Crippen LogP contribution < -0.4 is 10.6 Å². The summed E-state index contributed by atoms with van der Waals surface area (Å²) in [7, 11) is 0. The second-order valence-electron chi connectivity index (χ2n) is 6.12. The van der Waals surface area contributed by atoms with Crippen LogP contribution in [0.2, 0.25) is 0 Å². The van der Waals surface area contributed by atoms with Crippen molar-refractivity contribution in [3.63, 3.8) is 0 Å². The van der Waals surface area contributed by atoms with E-state index in [0.29, 0.717) is 18.9 Å². The molecule has 0 aliphatic rings. The van der Waals surface area contributed by atoms with Gasteiger partial charge in [0.2, 0.25) is 0 Å². The van der Waals surface area contributed by atoms with E-state index in [1.807, 2.05) is 31.2 Å². The molecule has 0 bridgehead atoms. The van der Waals surface area contributed by atoms with Crippen molar-refractivity contribution in [2.45, 2.75) is 17.7 Å². The number of hydrogen-bond acceptors (Lipinski definition) is 8. The van der Waals surface area contributed by atoms with Crippen LogP contribution in [0.3, 0.4) is 0 Å². The molecule has 28 heavy (non-hydrogen) atoms. The van der Waals surface area contributed by atoms with Gasteiger partial charge < -0.3 is 10.6 Å². The Bertz CT molecular complexity index is 1050. The van der Waals surface area contributed by atoms with Gasteiger partial charge in [0.15, 0.2) is 0 Å². The van der Waals surface area contributed by atoms with Gasteiger partial charge >= 0.3 is 0 Å². The van der Waals surface area contributed by atoms with Crippen LogP contribution in [-0.4, -0.2) is 42.6 Å². The third kappa shape index (κ3) is 4.55. The minimum Gasteiger partial charge on any atom is -0.368 e. The van der Waals surface area contributed by atoms with Gasteiger partial charge in [-0.05, 0) is 12.5 Å². The summed E-state index contributed by atoms with van der Waals surface area (Å²) < 4.78 is 1.69. The Morgan fingerprint density at radius 3 is 2.79 bits per heavy atom. The van der Waals surface area contributed by atoms with Gasteiger partial charge in [0, 0.05) is 30.6 Å². The molecule has 8 nitrogen and oxygen atoms in total. The fourth-order valence-corrected chi connectivity index (χ4v) is 3.48. The molecule has 4 aromatic rings. The third-order valence-corrected chi connectivity index (χ3v) is 4.93. The number of fused-ring (bicyclic) bond motifs is 1. The fraction of sp³-hybridized carbons (Fsp3) is 0.211. The number of aryl methyl sites for hydroxylation is 1. The van der Waals surface area contributed by atoms with Crippen molar-refractivity contribution < 1.29 is 0 Å². The predicted molar refractivity (Wildman–Crippen MR) is 111 cm³/mol. The Morgan fingerprint density at radius 2 is 1.89 bits per heavy atom. The van der Waals surface area contributed by atoms with Crippen molar-refractivity contribution in [2.24, 2.45) is 0 Å². The summed E-state index contributed by atoms with van der Waals surface area (Å²) in [6.07, 6.45) is 5.02. The minimum atomic E-state index is 0.587. The summed E-state index contributed by atoms with van der Waals surface area (Å²) in [4.78, 5) is 17.4. The average Bonchev–Trinajstić information content (AvgIpc) is 3.19. The van der Waals surface area contributed by atoms with Gasteiger partial charge in [0.05, 0.1) is 12.4 Å². The molecule has 0 amide bonds. The monoisotopic (exact) mass is 392 g/mol. The Kier molecular flexibility index (Phi) is 5.62. The first-order valence-corrected chi connectivity index (χ1v) is 9.90. The van der Waals surface area contributed by atoms with Crippen molar-refractivity contribution in [3.8, 4) is 0 Å².